The highest BCUT2D eigenvalue weighted by Gasteiger charge is 2.18. The van der Waals surface area contributed by atoms with Gasteiger partial charge in [0.1, 0.15) is 0 Å². The average molecular weight is 523 g/mol. The largest absolute Gasteiger partial charge is 0.378 e. The molecule has 4 amide bonds. The van der Waals surface area contributed by atoms with Crippen molar-refractivity contribution in [2.45, 2.75) is 37.8 Å². The smallest absolute Gasteiger partial charge is 0.314 e. The maximum Gasteiger partial charge on any atom is 0.314 e. The van der Waals surface area contributed by atoms with Crippen molar-refractivity contribution in [3.8, 4) is 0 Å². The Morgan fingerprint density at radius 1 is 0.686 bits per heavy atom. The number of carbonyl (C=O) groups excluding carboxylic acids is 2. The lowest BCUT2D eigenvalue weighted by Crippen LogP contribution is -2.39. The van der Waals surface area contributed by atoms with Gasteiger partial charge in [-0.2, -0.15) is 0 Å². The number of amides is 4. The number of urea groups is 2. The molecular weight excluding hydrogens is 476 g/mol. The number of carbonyl (C=O) groups is 2. The summed E-state index contributed by atoms with van der Waals surface area (Å²) in [6, 6.07) is 0.178. The quantitative estimate of drug-likeness (QED) is 0.131. The molecule has 2 rings (SSSR count). The van der Waals surface area contributed by atoms with Gasteiger partial charge in [-0.25, -0.2) is 9.59 Å². The van der Waals surface area contributed by atoms with E-state index in [0.717, 1.165) is 65.0 Å². The van der Waals surface area contributed by atoms with E-state index in [1.165, 1.54) is 0 Å². The lowest BCUT2D eigenvalue weighted by molar-refractivity contribution is 0.113. The Morgan fingerprint density at radius 2 is 1.09 bits per heavy atom. The van der Waals surface area contributed by atoms with Gasteiger partial charge in [-0.05, 0) is 38.8 Å². The summed E-state index contributed by atoms with van der Waals surface area (Å²) >= 11 is 0. The molecule has 8 N–H and O–H groups in total. The Kier molecular flexibility index (Phi) is 17.8. The summed E-state index contributed by atoms with van der Waals surface area (Å²) in [5.41, 5.74) is 11.7. The van der Waals surface area contributed by atoms with Gasteiger partial charge in [0.2, 0.25) is 0 Å². The van der Waals surface area contributed by atoms with Crippen molar-refractivity contribution in [2.24, 2.45) is 11.5 Å². The Balaban J connectivity index is 0.00000612. The zero-order valence-electron chi connectivity index (χ0n) is 21.0. The molecule has 13 heteroatoms. The first-order valence-electron chi connectivity index (χ1n) is 12.7. The van der Waals surface area contributed by atoms with Crippen molar-refractivity contribution in [2.75, 3.05) is 91.9 Å². The second-order valence-electron chi connectivity index (χ2n) is 9.00. The van der Waals surface area contributed by atoms with Gasteiger partial charge in [-0.15, -0.1) is 12.4 Å². The third kappa shape index (κ3) is 16.0. The minimum atomic E-state index is -0.201. The molecule has 0 saturated carbocycles. The standard InChI is InChI=1S/C22H46N8O4.ClH/c23-19-3-9-29(17-19)11-15-33-13-7-27-21(31)25-5-1-2-6-26-22(32)28-8-14-34-16-12-30-10-4-20(24)18-30;/h19-20H,1-18,23-24H2,(H2,25,27,31)(H2,26,28,32);1H/t19-,20-;/m0./s1. The zero-order chi connectivity index (χ0) is 24.4. The van der Waals surface area contributed by atoms with Crippen LogP contribution in [0.3, 0.4) is 0 Å². The fourth-order valence-corrected chi connectivity index (χ4v) is 3.98. The van der Waals surface area contributed by atoms with E-state index < -0.39 is 0 Å². The predicted molar refractivity (Wildman–Crippen MR) is 139 cm³/mol. The molecule has 0 aromatic carbocycles. The molecule has 2 atom stereocenters. The summed E-state index contributed by atoms with van der Waals surface area (Å²) in [5.74, 6) is 0. The lowest BCUT2D eigenvalue weighted by Gasteiger charge is -2.15. The van der Waals surface area contributed by atoms with Gasteiger partial charge < -0.3 is 42.2 Å². The van der Waals surface area contributed by atoms with E-state index in [1.807, 2.05) is 0 Å². The van der Waals surface area contributed by atoms with Gasteiger partial charge in [0.05, 0.1) is 26.4 Å². The van der Waals surface area contributed by atoms with E-state index in [0.29, 0.717) is 64.7 Å². The van der Waals surface area contributed by atoms with E-state index in [1.54, 1.807) is 0 Å². The van der Waals surface area contributed by atoms with E-state index in [9.17, 15) is 9.59 Å². The number of hydrogen-bond donors (Lipinski definition) is 6. The van der Waals surface area contributed by atoms with Crippen LogP contribution in [0, 0.1) is 0 Å². The lowest BCUT2D eigenvalue weighted by atomic mass is 10.3. The van der Waals surface area contributed by atoms with E-state index >= 15 is 0 Å². The average Bonchev–Trinajstić information content (AvgIpc) is 3.42. The van der Waals surface area contributed by atoms with Crippen LogP contribution in [-0.4, -0.2) is 126 Å². The van der Waals surface area contributed by atoms with Crippen molar-refractivity contribution >= 4 is 24.5 Å². The summed E-state index contributed by atoms with van der Waals surface area (Å²) in [4.78, 5) is 28.1. The molecule has 0 aromatic heterocycles. The van der Waals surface area contributed by atoms with Gasteiger partial charge in [0, 0.05) is 64.4 Å². The van der Waals surface area contributed by atoms with Crippen LogP contribution in [0.1, 0.15) is 25.7 Å². The molecule has 0 bridgehead atoms. The monoisotopic (exact) mass is 522 g/mol. The Hall–Kier alpha value is -1.41. The number of nitrogens with zero attached hydrogens (tertiary/aromatic N) is 2. The van der Waals surface area contributed by atoms with Crippen molar-refractivity contribution in [1.82, 2.24) is 31.1 Å². The topological polar surface area (TPSA) is 159 Å². The van der Waals surface area contributed by atoms with Crippen LogP contribution in [0.15, 0.2) is 0 Å². The fourth-order valence-electron chi connectivity index (χ4n) is 3.98. The summed E-state index contributed by atoms with van der Waals surface area (Å²) in [5, 5.41) is 11.2. The molecule has 12 nitrogen and oxygen atoms in total. The second-order valence-corrected chi connectivity index (χ2v) is 9.00. The molecule has 0 aliphatic carbocycles. The number of nitrogens with two attached hydrogens (primary N) is 2. The Bertz CT molecular complexity index is 530. The fraction of sp³-hybridized carbons (Fsp3) is 0.909. The molecule has 35 heavy (non-hydrogen) atoms. The highest BCUT2D eigenvalue weighted by atomic mass is 35.5. The number of hydrogen-bond acceptors (Lipinski definition) is 8. The minimum absolute atomic E-state index is 0. The van der Waals surface area contributed by atoms with E-state index in [-0.39, 0.29) is 24.5 Å². The highest BCUT2D eigenvalue weighted by Crippen LogP contribution is 2.06. The molecule has 2 aliphatic rings. The number of likely N-dealkylation sites (tertiary alicyclic amines) is 2. The molecule has 2 fully saturated rings. The van der Waals surface area contributed by atoms with Crippen LogP contribution in [0.4, 0.5) is 9.59 Å². The van der Waals surface area contributed by atoms with Crippen LogP contribution >= 0.6 is 12.4 Å². The maximum atomic E-state index is 11.7. The van der Waals surface area contributed by atoms with Gasteiger partial charge in [-0.1, -0.05) is 0 Å². The first-order chi connectivity index (χ1) is 16.5. The van der Waals surface area contributed by atoms with Crippen molar-refractivity contribution in [1.29, 1.82) is 0 Å². The molecule has 0 radical (unpaired) electrons. The van der Waals surface area contributed by atoms with E-state index in [4.69, 9.17) is 20.9 Å². The Labute approximate surface area is 215 Å². The number of rotatable bonds is 17. The van der Waals surface area contributed by atoms with Crippen molar-refractivity contribution in [3.63, 3.8) is 0 Å². The zero-order valence-corrected chi connectivity index (χ0v) is 21.8. The van der Waals surface area contributed by atoms with Gasteiger partial charge in [-0.3, -0.25) is 9.80 Å². The van der Waals surface area contributed by atoms with Crippen molar-refractivity contribution in [3.05, 3.63) is 0 Å². The molecule has 2 aliphatic heterocycles. The molecule has 0 spiro atoms. The van der Waals surface area contributed by atoms with Crippen LogP contribution in [0.5, 0.6) is 0 Å². The molecular formula is C22H47ClN8O4. The van der Waals surface area contributed by atoms with E-state index in [2.05, 4.69) is 31.1 Å². The number of unbranched alkanes of at least 4 members (excludes halogenated alkanes) is 1. The SMILES string of the molecule is Cl.N[C@H]1CCN(CCOCCNC(=O)NCCCCNC(=O)NCCOCCN2CC[C@H](N)C2)C1. The molecule has 2 heterocycles. The maximum absolute atomic E-state index is 11.7. The third-order valence-corrected chi connectivity index (χ3v) is 5.96. The normalized spacial score (nSPS) is 20.4. The first kappa shape index (κ1) is 31.6. The summed E-state index contributed by atoms with van der Waals surface area (Å²) < 4.78 is 11.1. The number of nitrogens with one attached hydrogen (secondary N) is 4. The van der Waals surface area contributed by atoms with Crippen molar-refractivity contribution < 1.29 is 19.1 Å². The summed E-state index contributed by atoms with van der Waals surface area (Å²) in [7, 11) is 0. The summed E-state index contributed by atoms with van der Waals surface area (Å²) in [6.07, 6.45) is 3.67. The third-order valence-electron chi connectivity index (χ3n) is 5.96. The molecule has 0 aromatic rings. The first-order valence-corrected chi connectivity index (χ1v) is 12.7. The number of halogens is 1. The molecule has 2 saturated heterocycles. The summed E-state index contributed by atoms with van der Waals surface area (Å²) in [6.45, 7) is 10.1. The molecule has 206 valence electrons. The second kappa shape index (κ2) is 19.7. The van der Waals surface area contributed by atoms with Crippen LogP contribution in [0.2, 0.25) is 0 Å². The van der Waals surface area contributed by atoms with Crippen LogP contribution in [-0.2, 0) is 9.47 Å². The minimum Gasteiger partial charge on any atom is -0.378 e. The van der Waals surface area contributed by atoms with Gasteiger partial charge in [0.15, 0.2) is 0 Å². The molecule has 0 unspecified atom stereocenters. The Morgan fingerprint density at radius 3 is 1.46 bits per heavy atom. The van der Waals surface area contributed by atoms with Crippen LogP contribution < -0.4 is 32.7 Å². The predicted octanol–water partition coefficient (Wildman–Crippen LogP) is -1.11. The van der Waals surface area contributed by atoms with Gasteiger partial charge >= 0.3 is 12.1 Å². The number of ether oxygens (including phenoxy) is 2. The van der Waals surface area contributed by atoms with Gasteiger partial charge in [0.25, 0.3) is 0 Å². The highest BCUT2D eigenvalue weighted by molar-refractivity contribution is 5.85. The van der Waals surface area contributed by atoms with Crippen LogP contribution in [0.25, 0.3) is 0 Å².